The molecule has 0 saturated carbocycles. The molecule has 3 heterocycles. The molecule has 10 nitrogen and oxygen atoms in total. The highest BCUT2D eigenvalue weighted by molar-refractivity contribution is 7.92. The Morgan fingerprint density at radius 2 is 1.74 bits per heavy atom. The van der Waals surface area contributed by atoms with Gasteiger partial charge in [0.05, 0.1) is 10.6 Å². The number of ether oxygens (including phenoxy) is 1. The van der Waals surface area contributed by atoms with Gasteiger partial charge in [-0.25, -0.2) is 23.1 Å². The van der Waals surface area contributed by atoms with Crippen molar-refractivity contribution in [3.8, 4) is 23.1 Å². The molecule has 1 N–H and O–H groups in total. The van der Waals surface area contributed by atoms with E-state index in [1.165, 1.54) is 12.1 Å². The van der Waals surface area contributed by atoms with Crippen molar-refractivity contribution in [3.05, 3.63) is 97.6 Å². The monoisotopic (exact) mass is 473 g/mol. The minimum absolute atomic E-state index is 0.146. The molecule has 170 valence electrons. The molecule has 0 aliphatic carbocycles. The van der Waals surface area contributed by atoms with Crippen LogP contribution in [0.5, 0.6) is 11.6 Å². The van der Waals surface area contributed by atoms with Gasteiger partial charge in [0.15, 0.2) is 0 Å². The average molecular weight is 474 g/mol. The lowest BCUT2D eigenvalue weighted by molar-refractivity contribution is 0.459. The maximum Gasteiger partial charge on any atom is 0.261 e. The highest BCUT2D eigenvalue weighted by Crippen LogP contribution is 2.24. The number of benzene rings is 2. The van der Waals surface area contributed by atoms with E-state index in [1.807, 2.05) is 0 Å². The summed E-state index contributed by atoms with van der Waals surface area (Å²) in [5.74, 6) is 2.04. The number of hydrogen-bond acceptors (Lipinski definition) is 7. The lowest BCUT2D eigenvalue weighted by atomic mass is 10.3. The SMILES string of the molecule is Cc1nc(Oc2ccc(NS(=O)(=O)c3ccc(-n4cccn4)cc3)cc2)cc(-n2ccnc2)n1. The maximum absolute atomic E-state index is 12.8. The first kappa shape index (κ1) is 21.3. The van der Waals surface area contributed by atoms with Crippen molar-refractivity contribution in [1.82, 2.24) is 29.3 Å². The molecule has 0 aliphatic heterocycles. The summed E-state index contributed by atoms with van der Waals surface area (Å²) in [7, 11) is -3.76. The zero-order valence-corrected chi connectivity index (χ0v) is 18.8. The number of nitrogens with one attached hydrogen (secondary N) is 1. The Bertz CT molecular complexity index is 1500. The zero-order chi connectivity index (χ0) is 23.5. The molecule has 0 bridgehead atoms. The van der Waals surface area contributed by atoms with Crippen LogP contribution in [0.15, 0.2) is 96.7 Å². The van der Waals surface area contributed by atoms with Gasteiger partial charge in [-0.05, 0) is 61.5 Å². The van der Waals surface area contributed by atoms with E-state index in [0.717, 1.165) is 5.69 Å². The molecule has 0 aliphatic rings. The second kappa shape index (κ2) is 8.79. The molecule has 11 heteroatoms. The highest BCUT2D eigenvalue weighted by Gasteiger charge is 2.15. The van der Waals surface area contributed by atoms with Gasteiger partial charge in [0.1, 0.15) is 23.7 Å². The number of nitrogens with zero attached hydrogens (tertiary/aromatic N) is 6. The van der Waals surface area contributed by atoms with E-state index in [4.69, 9.17) is 4.74 Å². The molecule has 0 amide bonds. The predicted octanol–water partition coefficient (Wildman–Crippen LogP) is 3.75. The quantitative estimate of drug-likeness (QED) is 0.383. The largest absolute Gasteiger partial charge is 0.439 e. The van der Waals surface area contributed by atoms with Crippen molar-refractivity contribution in [2.75, 3.05) is 4.72 Å². The molecule has 0 unspecified atom stereocenters. The van der Waals surface area contributed by atoms with E-state index in [1.54, 1.807) is 95.8 Å². The Kier molecular flexibility index (Phi) is 5.52. The summed E-state index contributed by atoms with van der Waals surface area (Å²) in [6.07, 6.45) is 8.51. The van der Waals surface area contributed by atoms with Crippen LogP contribution in [-0.2, 0) is 10.0 Å². The van der Waals surface area contributed by atoms with Gasteiger partial charge >= 0.3 is 0 Å². The fourth-order valence-electron chi connectivity index (χ4n) is 3.23. The van der Waals surface area contributed by atoms with E-state index in [-0.39, 0.29) is 4.90 Å². The van der Waals surface area contributed by atoms with Gasteiger partial charge in [-0.2, -0.15) is 10.1 Å². The molecule has 34 heavy (non-hydrogen) atoms. The number of anilines is 1. The van der Waals surface area contributed by atoms with Crippen molar-refractivity contribution in [1.29, 1.82) is 0 Å². The summed E-state index contributed by atoms with van der Waals surface area (Å²) >= 11 is 0. The smallest absolute Gasteiger partial charge is 0.261 e. The minimum Gasteiger partial charge on any atom is -0.439 e. The number of rotatable bonds is 7. The van der Waals surface area contributed by atoms with Crippen molar-refractivity contribution in [3.63, 3.8) is 0 Å². The second-order valence-electron chi connectivity index (χ2n) is 7.26. The average Bonchev–Trinajstić information content (AvgIpc) is 3.55. The maximum atomic E-state index is 12.8. The van der Waals surface area contributed by atoms with Gasteiger partial charge in [-0.15, -0.1) is 0 Å². The van der Waals surface area contributed by atoms with Crippen LogP contribution in [-0.4, -0.2) is 37.7 Å². The fraction of sp³-hybridized carbons (Fsp3) is 0.0435. The second-order valence-corrected chi connectivity index (χ2v) is 8.94. The van der Waals surface area contributed by atoms with Crippen LogP contribution < -0.4 is 9.46 Å². The zero-order valence-electron chi connectivity index (χ0n) is 18.0. The molecule has 0 atom stereocenters. The van der Waals surface area contributed by atoms with E-state index in [0.29, 0.717) is 29.0 Å². The topological polar surface area (TPSA) is 117 Å². The minimum atomic E-state index is -3.76. The molecular formula is C23H19N7O3S. The third-order valence-corrected chi connectivity index (χ3v) is 6.21. The lowest BCUT2D eigenvalue weighted by Crippen LogP contribution is -2.13. The fourth-order valence-corrected chi connectivity index (χ4v) is 4.29. The Labute approximate surface area is 195 Å². The summed E-state index contributed by atoms with van der Waals surface area (Å²) in [5, 5.41) is 4.13. The molecule has 0 radical (unpaired) electrons. The van der Waals surface area contributed by atoms with Gasteiger partial charge in [-0.3, -0.25) is 9.29 Å². The van der Waals surface area contributed by atoms with Crippen molar-refractivity contribution in [2.45, 2.75) is 11.8 Å². The van der Waals surface area contributed by atoms with Gasteiger partial charge in [0.2, 0.25) is 5.88 Å². The van der Waals surface area contributed by atoms with E-state index >= 15 is 0 Å². The molecule has 5 rings (SSSR count). The van der Waals surface area contributed by atoms with Crippen LogP contribution in [0.2, 0.25) is 0 Å². The Hall–Kier alpha value is -4.51. The van der Waals surface area contributed by atoms with E-state index < -0.39 is 10.0 Å². The lowest BCUT2D eigenvalue weighted by Gasteiger charge is -2.11. The van der Waals surface area contributed by atoms with E-state index in [2.05, 4.69) is 24.8 Å². The Morgan fingerprint density at radius 1 is 0.941 bits per heavy atom. The number of aryl methyl sites for hydroxylation is 1. The standard InChI is InChI=1S/C23H19N7O3S/c1-17-26-22(29-14-12-24-16-29)15-23(27-17)33-20-7-3-18(4-8-20)28-34(31,32)21-9-5-19(6-10-21)30-13-2-11-25-30/h2-16,28H,1H3. The molecule has 0 fully saturated rings. The van der Waals surface area contributed by atoms with Gasteiger partial charge in [0.25, 0.3) is 10.0 Å². The molecular weight excluding hydrogens is 454 g/mol. The summed E-state index contributed by atoms with van der Waals surface area (Å²) in [4.78, 5) is 12.8. The summed E-state index contributed by atoms with van der Waals surface area (Å²) in [5.41, 5.74) is 1.17. The molecule has 0 saturated heterocycles. The van der Waals surface area contributed by atoms with Crippen molar-refractivity contribution in [2.24, 2.45) is 0 Å². The van der Waals surface area contributed by atoms with Crippen molar-refractivity contribution < 1.29 is 13.2 Å². The Morgan fingerprint density at radius 3 is 2.41 bits per heavy atom. The number of hydrogen-bond donors (Lipinski definition) is 1. The molecule has 3 aromatic heterocycles. The summed E-state index contributed by atoms with van der Waals surface area (Å²) in [6, 6.07) is 16.5. The first-order valence-electron chi connectivity index (χ1n) is 10.2. The Balaban J connectivity index is 1.29. The first-order chi connectivity index (χ1) is 16.5. The van der Waals surface area contributed by atoms with Crippen LogP contribution in [0.3, 0.4) is 0 Å². The molecule has 2 aromatic carbocycles. The normalized spacial score (nSPS) is 11.3. The summed E-state index contributed by atoms with van der Waals surface area (Å²) in [6.45, 7) is 1.77. The van der Waals surface area contributed by atoms with Crippen LogP contribution in [0.4, 0.5) is 5.69 Å². The number of aromatic nitrogens is 6. The van der Waals surface area contributed by atoms with Crippen LogP contribution in [0.25, 0.3) is 11.5 Å². The molecule has 5 aromatic rings. The van der Waals surface area contributed by atoms with Gasteiger partial charge in [-0.1, -0.05) is 0 Å². The number of imidazole rings is 1. The third-order valence-electron chi connectivity index (χ3n) is 4.81. The van der Waals surface area contributed by atoms with Gasteiger partial charge < -0.3 is 4.74 Å². The first-order valence-corrected chi connectivity index (χ1v) is 11.7. The third kappa shape index (κ3) is 4.64. The van der Waals surface area contributed by atoms with Crippen LogP contribution >= 0.6 is 0 Å². The number of sulfonamides is 1. The van der Waals surface area contributed by atoms with Crippen molar-refractivity contribution >= 4 is 15.7 Å². The summed E-state index contributed by atoms with van der Waals surface area (Å²) < 4.78 is 37.4. The van der Waals surface area contributed by atoms with Crippen LogP contribution in [0, 0.1) is 6.92 Å². The van der Waals surface area contributed by atoms with Crippen LogP contribution in [0.1, 0.15) is 5.82 Å². The highest BCUT2D eigenvalue weighted by atomic mass is 32.2. The molecule has 0 spiro atoms. The predicted molar refractivity (Wildman–Crippen MR) is 125 cm³/mol. The van der Waals surface area contributed by atoms with Gasteiger partial charge in [0, 0.05) is 36.5 Å². The van der Waals surface area contributed by atoms with E-state index in [9.17, 15) is 8.42 Å².